The van der Waals surface area contributed by atoms with E-state index in [0.717, 1.165) is 6.92 Å². The molecule has 0 aliphatic carbocycles. The molecule has 0 radical (unpaired) electrons. The highest BCUT2D eigenvalue weighted by molar-refractivity contribution is 6.31. The highest BCUT2D eigenvalue weighted by Gasteiger charge is 2.48. The van der Waals surface area contributed by atoms with Crippen LogP contribution in [0.1, 0.15) is 6.92 Å². The van der Waals surface area contributed by atoms with Gasteiger partial charge in [-0.05, 0) is 6.92 Å². The van der Waals surface area contributed by atoms with Gasteiger partial charge in [0.15, 0.2) is 6.54 Å². The molecule has 0 aromatic heterocycles. The molecule has 0 atom stereocenters. The number of hydrogen-bond acceptors (Lipinski definition) is 2. The minimum atomic E-state index is -2.92. The molecule has 4 nitrogen and oxygen atoms in total. The third-order valence-electron chi connectivity index (χ3n) is 1.49. The van der Waals surface area contributed by atoms with E-state index in [1.165, 1.54) is 0 Å². The molecule has 0 saturated carbocycles. The summed E-state index contributed by atoms with van der Waals surface area (Å²) >= 11 is 0. The summed E-state index contributed by atoms with van der Waals surface area (Å²) in [6.45, 7) is 0.139. The molecular weight excluding hydrogens is 189 g/mol. The molecule has 0 aromatic carbocycles. The number of aliphatic carboxylic acids is 1. The highest BCUT2D eigenvalue weighted by atomic mass is 19.4. The maximum absolute atomic E-state index is 12.8. The van der Waals surface area contributed by atoms with Gasteiger partial charge < -0.3 is 5.11 Å². The number of halogens is 3. The standard InChI is InChI=1S/C6H5F3N2O2/c1-3-2-11(8,9)5(6(12)13)10-4(3)7/h2H2,1H3/p+1. The lowest BCUT2D eigenvalue weighted by molar-refractivity contribution is -1.10. The van der Waals surface area contributed by atoms with Crippen LogP contribution in [0.3, 0.4) is 0 Å². The fourth-order valence-electron chi connectivity index (χ4n) is 0.887. The smallest absolute Gasteiger partial charge is 0.419 e. The normalized spacial score (nSPS) is 21.4. The second-order valence-electron chi connectivity index (χ2n) is 2.60. The fourth-order valence-corrected chi connectivity index (χ4v) is 0.887. The number of carboxylic acid groups (broad SMARTS) is 1. The summed E-state index contributed by atoms with van der Waals surface area (Å²) in [5, 5.41) is 8.26. The lowest BCUT2D eigenvalue weighted by atomic mass is 10.3. The second kappa shape index (κ2) is 2.84. The van der Waals surface area contributed by atoms with Gasteiger partial charge >= 0.3 is 11.8 Å². The maximum atomic E-state index is 12.8. The topological polar surface area (TPSA) is 49.7 Å². The monoisotopic (exact) mass is 195 g/mol. The molecule has 1 rings (SSSR count). The van der Waals surface area contributed by atoms with E-state index in [9.17, 15) is 18.1 Å². The molecule has 1 N–H and O–H groups in total. The number of rotatable bonds is 1. The van der Waals surface area contributed by atoms with Crippen molar-refractivity contribution in [2.75, 3.05) is 6.54 Å². The Bertz CT molecular complexity index is 322. The average molecular weight is 195 g/mol. The van der Waals surface area contributed by atoms with Crippen LogP contribution in [0.5, 0.6) is 0 Å². The van der Waals surface area contributed by atoms with Crippen LogP contribution in [-0.4, -0.2) is 28.4 Å². The Balaban J connectivity index is 3.16. The molecule has 0 unspecified atom stereocenters. The van der Waals surface area contributed by atoms with E-state index in [1.807, 2.05) is 0 Å². The van der Waals surface area contributed by atoms with E-state index in [-0.39, 0.29) is 5.57 Å². The van der Waals surface area contributed by atoms with Gasteiger partial charge in [-0.1, -0.05) is 0 Å². The first-order valence-electron chi connectivity index (χ1n) is 3.30. The van der Waals surface area contributed by atoms with Gasteiger partial charge in [0.2, 0.25) is 5.95 Å². The molecule has 1 aliphatic heterocycles. The van der Waals surface area contributed by atoms with Gasteiger partial charge in [-0.3, -0.25) is 0 Å². The number of quaternary nitrogens is 1. The molecule has 0 fully saturated rings. The second-order valence-corrected chi connectivity index (χ2v) is 2.60. The quantitative estimate of drug-likeness (QED) is 0.506. The summed E-state index contributed by atoms with van der Waals surface area (Å²) in [6.07, 6.45) is 0. The molecule has 0 amide bonds. The minimum absolute atomic E-state index is 0.269. The van der Waals surface area contributed by atoms with Gasteiger partial charge in [-0.2, -0.15) is 9.38 Å². The van der Waals surface area contributed by atoms with Crippen LogP contribution < -0.4 is 0 Å². The molecule has 13 heavy (non-hydrogen) atoms. The van der Waals surface area contributed by atoms with Crippen molar-refractivity contribution in [2.24, 2.45) is 4.99 Å². The minimum Gasteiger partial charge on any atom is -0.472 e. The molecule has 0 spiro atoms. The zero-order chi connectivity index (χ0) is 10.2. The summed E-state index contributed by atoms with van der Waals surface area (Å²) in [5.74, 6) is -4.57. The summed E-state index contributed by atoms with van der Waals surface area (Å²) in [7, 11) is 0. The molecule has 7 heteroatoms. The van der Waals surface area contributed by atoms with Crippen molar-refractivity contribution < 1.29 is 28.2 Å². The number of amidine groups is 1. The Morgan fingerprint density at radius 3 is 2.62 bits per heavy atom. The Hall–Kier alpha value is -1.37. The summed E-state index contributed by atoms with van der Waals surface area (Å²) < 4.78 is 38.2. The van der Waals surface area contributed by atoms with E-state index >= 15 is 0 Å². The van der Waals surface area contributed by atoms with Crippen molar-refractivity contribution in [1.82, 2.24) is 0 Å². The summed E-state index contributed by atoms with van der Waals surface area (Å²) in [6, 6.07) is 0. The lowest BCUT2D eigenvalue weighted by Gasteiger charge is -2.15. The Morgan fingerprint density at radius 2 is 2.15 bits per heavy atom. The van der Waals surface area contributed by atoms with Gasteiger partial charge in [0.25, 0.3) is 0 Å². The van der Waals surface area contributed by atoms with Crippen LogP contribution >= 0.6 is 0 Å². The van der Waals surface area contributed by atoms with Crippen molar-refractivity contribution in [3.05, 3.63) is 11.5 Å². The van der Waals surface area contributed by atoms with E-state index < -0.39 is 29.2 Å². The maximum Gasteiger partial charge on any atom is 0.419 e. The van der Waals surface area contributed by atoms with Gasteiger partial charge in [-0.15, -0.1) is 0 Å². The van der Waals surface area contributed by atoms with Crippen LogP contribution in [0, 0.1) is 0 Å². The molecule has 1 heterocycles. The first kappa shape index (κ1) is 9.72. The van der Waals surface area contributed by atoms with Crippen LogP contribution in [0.2, 0.25) is 0 Å². The number of carbonyl (C=O) groups is 1. The SMILES string of the molecule is CC1=C(F)N=C(C(=O)O)[N+](F)(F)C1. The van der Waals surface area contributed by atoms with Crippen molar-refractivity contribution in [1.29, 1.82) is 0 Å². The number of carboxylic acids is 1. The summed E-state index contributed by atoms with van der Waals surface area (Å²) in [4.78, 5) is 9.95. The zero-order valence-corrected chi connectivity index (χ0v) is 6.59. The van der Waals surface area contributed by atoms with Crippen molar-refractivity contribution in [2.45, 2.75) is 6.92 Å². The molecule has 0 bridgehead atoms. The van der Waals surface area contributed by atoms with Gasteiger partial charge in [0.1, 0.15) is 4.93 Å². The van der Waals surface area contributed by atoms with E-state index in [0.29, 0.717) is 0 Å². The summed E-state index contributed by atoms with van der Waals surface area (Å²) in [5.41, 5.74) is -0.269. The number of nitrogens with zero attached hydrogens (tertiary/aromatic N) is 2. The van der Waals surface area contributed by atoms with E-state index in [1.54, 1.807) is 0 Å². The van der Waals surface area contributed by atoms with E-state index in [2.05, 4.69) is 4.99 Å². The van der Waals surface area contributed by atoms with Gasteiger partial charge in [-0.25, -0.2) is 4.79 Å². The number of hydrogen-bond donors (Lipinski definition) is 1. The van der Waals surface area contributed by atoms with Crippen LogP contribution in [0.15, 0.2) is 16.5 Å². The van der Waals surface area contributed by atoms with Crippen LogP contribution in [0.25, 0.3) is 0 Å². The molecule has 1 aliphatic rings. The Labute approximate surface area is 71.1 Å². The number of aliphatic imine (C=N–C) groups is 1. The van der Waals surface area contributed by atoms with Crippen LogP contribution in [-0.2, 0) is 4.79 Å². The lowest BCUT2D eigenvalue weighted by Crippen LogP contribution is -2.45. The third-order valence-corrected chi connectivity index (χ3v) is 1.49. The first-order valence-corrected chi connectivity index (χ1v) is 3.30. The highest BCUT2D eigenvalue weighted by Crippen LogP contribution is 2.24. The molecular formula is C6H6F3N2O2+. The Kier molecular flexibility index (Phi) is 2.12. The first-order chi connectivity index (χ1) is 5.84. The Morgan fingerprint density at radius 1 is 1.62 bits per heavy atom. The third kappa shape index (κ3) is 1.69. The average Bonchev–Trinajstić information content (AvgIpc) is 1.95. The molecule has 0 aromatic rings. The van der Waals surface area contributed by atoms with Gasteiger partial charge in [0.05, 0.1) is 8.96 Å². The fraction of sp³-hybridized carbons (Fsp3) is 0.333. The zero-order valence-electron chi connectivity index (χ0n) is 6.59. The predicted octanol–water partition coefficient (Wildman–Crippen LogP) is 1.27. The van der Waals surface area contributed by atoms with E-state index in [4.69, 9.17) is 5.11 Å². The van der Waals surface area contributed by atoms with Gasteiger partial charge in [0, 0.05) is 5.57 Å². The van der Waals surface area contributed by atoms with Crippen molar-refractivity contribution >= 4 is 11.8 Å². The largest absolute Gasteiger partial charge is 0.472 e. The molecule has 0 saturated heterocycles. The van der Waals surface area contributed by atoms with Crippen molar-refractivity contribution in [3.8, 4) is 0 Å². The molecule has 72 valence electrons. The predicted molar refractivity (Wildman–Crippen MR) is 36.2 cm³/mol. The van der Waals surface area contributed by atoms with Crippen LogP contribution in [0.4, 0.5) is 13.4 Å². The van der Waals surface area contributed by atoms with Crippen molar-refractivity contribution in [3.63, 3.8) is 0 Å².